The summed E-state index contributed by atoms with van der Waals surface area (Å²) in [7, 11) is 0. The van der Waals surface area contributed by atoms with E-state index in [1.165, 1.54) is 98.1 Å². The van der Waals surface area contributed by atoms with Crippen LogP contribution in [0.3, 0.4) is 0 Å². The molecule has 0 fully saturated rings. The second-order valence-electron chi connectivity index (χ2n) is 15.1. The maximum atomic E-state index is 2.46. The lowest BCUT2D eigenvalue weighted by Gasteiger charge is -2.42. The van der Waals surface area contributed by atoms with Crippen LogP contribution in [0.2, 0.25) is 0 Å². The molecule has 58 heavy (non-hydrogen) atoms. The van der Waals surface area contributed by atoms with Crippen molar-refractivity contribution in [2.45, 2.75) is 15.2 Å². The Bertz CT molecular complexity index is 3050. The highest BCUT2D eigenvalue weighted by Crippen LogP contribution is 2.56. The average molecular weight is 755 g/mol. The molecule has 10 aromatic rings. The van der Waals surface area contributed by atoms with Gasteiger partial charge in [0, 0.05) is 9.79 Å². The third-order valence-corrected chi connectivity index (χ3v) is 13.2. The Morgan fingerprint density at radius 3 is 1.12 bits per heavy atom. The van der Waals surface area contributed by atoms with Crippen molar-refractivity contribution in [2.24, 2.45) is 0 Å². The summed E-state index contributed by atoms with van der Waals surface area (Å²) < 4.78 is 0. The van der Waals surface area contributed by atoms with E-state index in [-0.39, 0.29) is 0 Å². The van der Waals surface area contributed by atoms with Crippen LogP contribution in [-0.4, -0.2) is 0 Å². The standard InChI is InChI=1S/C57H38S/c1-5-19-39(20-6-1)47-37-49-50(38-48(47)40-21-7-2-8-22-40)56(46-28-14-13-27-45(46)55(49)41-23-9-3-10-24-41)42-33-35-44(36-34-42)57(43-25-11-4-12-26-43)51-29-15-17-31-53(51)58-54-32-18-16-30-52(54)57/h1-38H. The van der Waals surface area contributed by atoms with Crippen molar-refractivity contribution in [1.29, 1.82) is 0 Å². The van der Waals surface area contributed by atoms with E-state index in [1.54, 1.807) is 0 Å². The zero-order valence-electron chi connectivity index (χ0n) is 31.8. The Hall–Kier alpha value is -6.93. The molecule has 0 amide bonds. The fourth-order valence-electron chi connectivity index (χ4n) is 9.52. The van der Waals surface area contributed by atoms with Gasteiger partial charge in [-0.2, -0.15) is 0 Å². The van der Waals surface area contributed by atoms with Crippen LogP contribution >= 0.6 is 11.8 Å². The Morgan fingerprint density at radius 2 is 0.638 bits per heavy atom. The lowest BCUT2D eigenvalue weighted by Crippen LogP contribution is -2.34. The highest BCUT2D eigenvalue weighted by molar-refractivity contribution is 7.99. The molecule has 0 nitrogen and oxygen atoms in total. The maximum absolute atomic E-state index is 2.46. The summed E-state index contributed by atoms with van der Waals surface area (Å²) >= 11 is 1.88. The Labute approximate surface area is 344 Å². The van der Waals surface area contributed by atoms with Gasteiger partial charge >= 0.3 is 0 Å². The van der Waals surface area contributed by atoms with Crippen molar-refractivity contribution in [3.63, 3.8) is 0 Å². The van der Waals surface area contributed by atoms with E-state index < -0.39 is 5.41 Å². The minimum atomic E-state index is -0.482. The third kappa shape index (κ3) is 5.46. The van der Waals surface area contributed by atoms with Gasteiger partial charge in [-0.25, -0.2) is 0 Å². The molecular formula is C57H38S. The molecule has 1 aliphatic rings. The first-order valence-corrected chi connectivity index (χ1v) is 20.8. The Kier molecular flexibility index (Phi) is 8.42. The normalized spacial score (nSPS) is 12.9. The van der Waals surface area contributed by atoms with E-state index >= 15 is 0 Å². The molecule has 0 aromatic heterocycles. The van der Waals surface area contributed by atoms with E-state index in [1.807, 2.05) is 11.8 Å². The lowest BCUT2D eigenvalue weighted by atomic mass is 9.64. The number of fused-ring (bicyclic) bond motifs is 4. The molecule has 0 radical (unpaired) electrons. The van der Waals surface area contributed by atoms with E-state index in [0.29, 0.717) is 0 Å². The fraction of sp³-hybridized carbons (Fsp3) is 0.0175. The van der Waals surface area contributed by atoms with Gasteiger partial charge in [0.2, 0.25) is 0 Å². The predicted molar refractivity (Wildman–Crippen MR) is 246 cm³/mol. The largest absolute Gasteiger partial charge is 0.0894 e. The van der Waals surface area contributed by atoms with Crippen LogP contribution in [-0.2, 0) is 5.41 Å². The van der Waals surface area contributed by atoms with Crippen LogP contribution in [0.15, 0.2) is 240 Å². The zero-order chi connectivity index (χ0) is 38.5. The average Bonchev–Trinajstić information content (AvgIpc) is 3.31. The topological polar surface area (TPSA) is 0 Å². The van der Waals surface area contributed by atoms with Gasteiger partial charge in [0.15, 0.2) is 0 Å². The van der Waals surface area contributed by atoms with Crippen LogP contribution in [0.4, 0.5) is 0 Å². The van der Waals surface area contributed by atoms with Crippen molar-refractivity contribution in [1.82, 2.24) is 0 Å². The summed E-state index contributed by atoms with van der Waals surface area (Å²) in [6, 6.07) is 85.1. The monoisotopic (exact) mass is 754 g/mol. The quantitative estimate of drug-likeness (QED) is 0.152. The predicted octanol–water partition coefficient (Wildman–Crippen LogP) is 15.5. The number of hydrogen-bond acceptors (Lipinski definition) is 1. The molecule has 0 saturated heterocycles. The van der Waals surface area contributed by atoms with E-state index in [0.717, 1.165) is 0 Å². The van der Waals surface area contributed by atoms with Crippen LogP contribution in [0, 0.1) is 0 Å². The number of rotatable bonds is 6. The number of benzene rings is 10. The van der Waals surface area contributed by atoms with Gasteiger partial charge in [-0.1, -0.05) is 218 Å². The summed E-state index contributed by atoms with van der Waals surface area (Å²) in [5, 5.41) is 4.98. The summed E-state index contributed by atoms with van der Waals surface area (Å²) in [4.78, 5) is 2.59. The van der Waals surface area contributed by atoms with Gasteiger partial charge in [-0.05, 0) is 113 Å². The first kappa shape index (κ1) is 34.3. The number of hydrogen-bond donors (Lipinski definition) is 0. The second-order valence-corrected chi connectivity index (χ2v) is 16.2. The summed E-state index contributed by atoms with van der Waals surface area (Å²) in [6.45, 7) is 0. The van der Waals surface area contributed by atoms with Gasteiger partial charge in [0.1, 0.15) is 0 Å². The molecule has 1 heteroatoms. The molecule has 1 heterocycles. The van der Waals surface area contributed by atoms with Crippen molar-refractivity contribution in [3.05, 3.63) is 253 Å². The Morgan fingerprint density at radius 1 is 0.276 bits per heavy atom. The highest BCUT2D eigenvalue weighted by Gasteiger charge is 2.44. The molecule has 0 atom stereocenters. The molecular weight excluding hydrogens is 717 g/mol. The van der Waals surface area contributed by atoms with E-state index in [4.69, 9.17) is 0 Å². The lowest BCUT2D eigenvalue weighted by molar-refractivity contribution is 0.703. The molecule has 0 saturated carbocycles. The van der Waals surface area contributed by atoms with Crippen molar-refractivity contribution in [3.8, 4) is 44.5 Å². The summed E-state index contributed by atoms with van der Waals surface area (Å²) in [5.41, 5.74) is 14.5. The molecule has 11 rings (SSSR count). The first-order valence-electron chi connectivity index (χ1n) is 20.0. The van der Waals surface area contributed by atoms with Crippen molar-refractivity contribution >= 4 is 33.3 Å². The smallest absolute Gasteiger partial charge is 0.0723 e. The van der Waals surface area contributed by atoms with Gasteiger partial charge in [-0.15, -0.1) is 0 Å². The van der Waals surface area contributed by atoms with Crippen LogP contribution < -0.4 is 0 Å². The molecule has 1 aliphatic heterocycles. The molecule has 0 unspecified atom stereocenters. The third-order valence-electron chi connectivity index (χ3n) is 12.0. The minimum absolute atomic E-state index is 0.482. The maximum Gasteiger partial charge on any atom is 0.0723 e. The van der Waals surface area contributed by atoms with Crippen molar-refractivity contribution in [2.75, 3.05) is 0 Å². The second kappa shape index (κ2) is 14.2. The van der Waals surface area contributed by atoms with Gasteiger partial charge in [0.05, 0.1) is 5.41 Å². The first-order chi connectivity index (χ1) is 28.8. The summed E-state index contributed by atoms with van der Waals surface area (Å²) in [5.74, 6) is 0. The minimum Gasteiger partial charge on any atom is -0.0894 e. The highest BCUT2D eigenvalue weighted by atomic mass is 32.2. The van der Waals surface area contributed by atoms with E-state index in [9.17, 15) is 0 Å². The SMILES string of the molecule is c1ccc(-c2cc3c(-c4ccccc4)c4ccccc4c(-c4ccc(C5(c6ccccc6)c6ccccc6Sc6ccccc65)cc4)c3cc2-c2ccccc2)cc1. The van der Waals surface area contributed by atoms with Crippen LogP contribution in [0.25, 0.3) is 66.1 Å². The van der Waals surface area contributed by atoms with Crippen LogP contribution in [0.5, 0.6) is 0 Å². The van der Waals surface area contributed by atoms with Gasteiger partial charge in [-0.3, -0.25) is 0 Å². The molecule has 0 aliphatic carbocycles. The van der Waals surface area contributed by atoms with E-state index in [2.05, 4.69) is 231 Å². The van der Waals surface area contributed by atoms with Gasteiger partial charge < -0.3 is 0 Å². The Balaban J connectivity index is 1.22. The fourth-order valence-corrected chi connectivity index (χ4v) is 10.7. The van der Waals surface area contributed by atoms with Crippen molar-refractivity contribution < 1.29 is 0 Å². The molecule has 10 aromatic carbocycles. The molecule has 0 spiro atoms. The molecule has 0 N–H and O–H groups in total. The zero-order valence-corrected chi connectivity index (χ0v) is 32.7. The van der Waals surface area contributed by atoms with Crippen LogP contribution in [0.1, 0.15) is 22.3 Å². The summed E-state index contributed by atoms with van der Waals surface area (Å²) in [6.07, 6.45) is 0. The molecule has 0 bridgehead atoms. The van der Waals surface area contributed by atoms with Gasteiger partial charge in [0.25, 0.3) is 0 Å². The molecule has 272 valence electrons.